The number of pyridine rings is 1. The molecule has 5 heteroatoms. The van der Waals surface area contributed by atoms with Crippen molar-refractivity contribution in [1.82, 2.24) is 15.2 Å². The second kappa shape index (κ2) is 6.16. The average Bonchev–Trinajstić information content (AvgIpc) is 2.34. The number of rotatable bonds is 3. The number of likely N-dealkylation sites (tertiary alicyclic amines) is 1. The molecule has 98 valence electrons. The third-order valence-corrected chi connectivity index (χ3v) is 3.41. The van der Waals surface area contributed by atoms with Crippen LogP contribution in [0.5, 0.6) is 0 Å². The molecule has 0 spiro atoms. The Kier molecular flexibility index (Phi) is 4.55. The summed E-state index contributed by atoms with van der Waals surface area (Å²) in [6.07, 6.45) is 3.85. The van der Waals surface area contributed by atoms with Gasteiger partial charge in [0.1, 0.15) is 5.15 Å². The van der Waals surface area contributed by atoms with Crippen molar-refractivity contribution >= 4 is 17.5 Å². The highest BCUT2D eigenvalue weighted by Crippen LogP contribution is 2.14. The molecule has 0 bridgehead atoms. The van der Waals surface area contributed by atoms with Gasteiger partial charge in [0.05, 0.1) is 0 Å². The molecule has 0 unspecified atom stereocenters. The van der Waals surface area contributed by atoms with Crippen LogP contribution in [-0.2, 0) is 11.3 Å². The Balaban J connectivity index is 1.79. The van der Waals surface area contributed by atoms with E-state index in [1.54, 1.807) is 6.92 Å². The second-order valence-corrected chi connectivity index (χ2v) is 5.13. The zero-order chi connectivity index (χ0) is 13.0. The number of aromatic nitrogens is 1. The summed E-state index contributed by atoms with van der Waals surface area (Å²) in [6, 6.07) is 4.16. The van der Waals surface area contributed by atoms with E-state index < -0.39 is 0 Å². The topological polar surface area (TPSA) is 45.2 Å². The summed E-state index contributed by atoms with van der Waals surface area (Å²) >= 11 is 5.76. The Labute approximate surface area is 112 Å². The van der Waals surface area contributed by atoms with Crippen molar-refractivity contribution in [3.63, 3.8) is 0 Å². The fourth-order valence-electron chi connectivity index (χ4n) is 2.28. The maximum absolute atomic E-state index is 11.0. The van der Waals surface area contributed by atoms with Crippen molar-refractivity contribution in [3.05, 3.63) is 29.0 Å². The van der Waals surface area contributed by atoms with Crippen LogP contribution in [0.1, 0.15) is 25.3 Å². The number of piperidine rings is 1. The third-order valence-electron chi connectivity index (χ3n) is 3.19. The first kappa shape index (κ1) is 13.3. The monoisotopic (exact) mass is 267 g/mol. The van der Waals surface area contributed by atoms with Crippen molar-refractivity contribution in [2.24, 2.45) is 0 Å². The predicted molar refractivity (Wildman–Crippen MR) is 71.4 cm³/mol. The van der Waals surface area contributed by atoms with Crippen LogP contribution in [0.25, 0.3) is 0 Å². The number of nitrogens with zero attached hydrogens (tertiary/aromatic N) is 2. The lowest BCUT2D eigenvalue weighted by molar-refractivity contribution is -0.119. The lowest BCUT2D eigenvalue weighted by Crippen LogP contribution is -2.43. The van der Waals surface area contributed by atoms with Crippen LogP contribution in [0.4, 0.5) is 0 Å². The fraction of sp³-hybridized carbons (Fsp3) is 0.538. The molecule has 1 aromatic rings. The molecular formula is C13H18ClN3O. The van der Waals surface area contributed by atoms with E-state index >= 15 is 0 Å². The highest BCUT2D eigenvalue weighted by Gasteiger charge is 2.19. The first-order chi connectivity index (χ1) is 8.63. The van der Waals surface area contributed by atoms with Crippen LogP contribution in [0.2, 0.25) is 5.15 Å². The van der Waals surface area contributed by atoms with E-state index in [0.717, 1.165) is 32.5 Å². The first-order valence-corrected chi connectivity index (χ1v) is 6.61. The Hall–Kier alpha value is -1.13. The van der Waals surface area contributed by atoms with Gasteiger partial charge < -0.3 is 5.32 Å². The maximum Gasteiger partial charge on any atom is 0.217 e. The van der Waals surface area contributed by atoms with Gasteiger partial charge in [0, 0.05) is 38.8 Å². The SMILES string of the molecule is CC(=O)NC1CCN(Cc2ccc(Cl)nc2)CC1. The summed E-state index contributed by atoms with van der Waals surface area (Å²) in [5, 5.41) is 3.51. The van der Waals surface area contributed by atoms with E-state index in [1.807, 2.05) is 18.3 Å². The van der Waals surface area contributed by atoms with Crippen molar-refractivity contribution in [3.8, 4) is 0 Å². The van der Waals surface area contributed by atoms with Gasteiger partial charge in [-0.05, 0) is 24.5 Å². The summed E-state index contributed by atoms with van der Waals surface area (Å²) in [5.74, 6) is 0.0651. The van der Waals surface area contributed by atoms with Gasteiger partial charge in [0.15, 0.2) is 0 Å². The van der Waals surface area contributed by atoms with Gasteiger partial charge in [0.2, 0.25) is 5.91 Å². The molecule has 18 heavy (non-hydrogen) atoms. The van der Waals surface area contributed by atoms with Crippen molar-refractivity contribution in [2.75, 3.05) is 13.1 Å². The molecule has 1 aromatic heterocycles. The van der Waals surface area contributed by atoms with E-state index in [0.29, 0.717) is 11.2 Å². The molecule has 1 saturated heterocycles. The Morgan fingerprint density at radius 1 is 1.50 bits per heavy atom. The molecule has 1 fully saturated rings. The number of carbonyl (C=O) groups excluding carboxylic acids is 1. The molecule has 1 amide bonds. The summed E-state index contributed by atoms with van der Waals surface area (Å²) < 4.78 is 0. The Morgan fingerprint density at radius 3 is 2.78 bits per heavy atom. The molecule has 0 atom stereocenters. The van der Waals surface area contributed by atoms with Crippen molar-refractivity contribution in [1.29, 1.82) is 0 Å². The van der Waals surface area contributed by atoms with Gasteiger partial charge in [-0.3, -0.25) is 9.69 Å². The van der Waals surface area contributed by atoms with Gasteiger partial charge in [-0.2, -0.15) is 0 Å². The predicted octanol–water partition coefficient (Wildman–Crippen LogP) is 1.84. The van der Waals surface area contributed by atoms with Crippen LogP contribution >= 0.6 is 11.6 Å². The van der Waals surface area contributed by atoms with Crippen LogP contribution in [-0.4, -0.2) is 34.9 Å². The van der Waals surface area contributed by atoms with E-state index in [-0.39, 0.29) is 5.91 Å². The smallest absolute Gasteiger partial charge is 0.217 e. The quantitative estimate of drug-likeness (QED) is 0.850. The van der Waals surface area contributed by atoms with E-state index in [4.69, 9.17) is 11.6 Å². The summed E-state index contributed by atoms with van der Waals surface area (Å²) in [5.41, 5.74) is 1.18. The number of amides is 1. The minimum absolute atomic E-state index is 0.0651. The third kappa shape index (κ3) is 3.96. The number of nitrogens with one attached hydrogen (secondary N) is 1. The highest BCUT2D eigenvalue weighted by molar-refractivity contribution is 6.29. The average molecular weight is 268 g/mol. The molecule has 0 aliphatic carbocycles. The highest BCUT2D eigenvalue weighted by atomic mass is 35.5. The maximum atomic E-state index is 11.0. The minimum Gasteiger partial charge on any atom is -0.354 e. The van der Waals surface area contributed by atoms with Crippen LogP contribution in [0.15, 0.2) is 18.3 Å². The number of carbonyl (C=O) groups is 1. The lowest BCUT2D eigenvalue weighted by atomic mass is 10.0. The molecule has 0 aromatic carbocycles. The summed E-state index contributed by atoms with van der Waals surface area (Å²) in [7, 11) is 0. The number of hydrogen-bond acceptors (Lipinski definition) is 3. The van der Waals surface area contributed by atoms with Crippen LogP contribution < -0.4 is 5.32 Å². The van der Waals surface area contributed by atoms with Gasteiger partial charge >= 0.3 is 0 Å². The summed E-state index contributed by atoms with van der Waals surface area (Å²) in [4.78, 5) is 17.4. The molecular weight excluding hydrogens is 250 g/mol. The summed E-state index contributed by atoms with van der Waals surface area (Å²) in [6.45, 7) is 4.49. The van der Waals surface area contributed by atoms with Gasteiger partial charge in [-0.25, -0.2) is 4.98 Å². The van der Waals surface area contributed by atoms with E-state index in [1.165, 1.54) is 5.56 Å². The lowest BCUT2D eigenvalue weighted by Gasteiger charge is -2.32. The molecule has 2 rings (SSSR count). The normalized spacial score (nSPS) is 17.7. The molecule has 1 aliphatic heterocycles. The van der Waals surface area contributed by atoms with Gasteiger partial charge in [-0.15, -0.1) is 0 Å². The minimum atomic E-state index is 0.0651. The standard InChI is InChI=1S/C13H18ClN3O/c1-10(18)16-12-4-6-17(7-5-12)9-11-2-3-13(14)15-8-11/h2-3,8,12H,4-7,9H2,1H3,(H,16,18). The Bertz CT molecular complexity index is 399. The van der Waals surface area contributed by atoms with Gasteiger partial charge in [-0.1, -0.05) is 17.7 Å². The van der Waals surface area contributed by atoms with Gasteiger partial charge in [0.25, 0.3) is 0 Å². The Morgan fingerprint density at radius 2 is 2.22 bits per heavy atom. The zero-order valence-electron chi connectivity index (χ0n) is 10.5. The number of halogens is 1. The second-order valence-electron chi connectivity index (χ2n) is 4.74. The van der Waals surface area contributed by atoms with Crippen LogP contribution in [0.3, 0.4) is 0 Å². The van der Waals surface area contributed by atoms with Crippen molar-refractivity contribution < 1.29 is 4.79 Å². The molecule has 2 heterocycles. The largest absolute Gasteiger partial charge is 0.354 e. The number of hydrogen-bond donors (Lipinski definition) is 1. The van der Waals surface area contributed by atoms with E-state index in [9.17, 15) is 4.79 Å². The molecule has 0 radical (unpaired) electrons. The molecule has 1 N–H and O–H groups in total. The molecule has 0 saturated carbocycles. The first-order valence-electron chi connectivity index (χ1n) is 6.23. The van der Waals surface area contributed by atoms with Crippen molar-refractivity contribution in [2.45, 2.75) is 32.4 Å². The van der Waals surface area contributed by atoms with E-state index in [2.05, 4.69) is 15.2 Å². The zero-order valence-corrected chi connectivity index (χ0v) is 11.3. The molecule has 4 nitrogen and oxygen atoms in total. The molecule has 1 aliphatic rings. The van der Waals surface area contributed by atoms with Crippen LogP contribution in [0, 0.1) is 0 Å². The fourth-order valence-corrected chi connectivity index (χ4v) is 2.39.